The first kappa shape index (κ1) is 49.7. The SMILES string of the molecule is CCC(C)[C@@H]1NC(=O)[C@@H](CC(=O)[C@H](C)NC(=O)C(C)C)[C@@H](C)OC(=O)[C@H](C(C)C)NC(=O)[C@H](Cc2ccccc2)N(C)C(=O)[C@H](CC(C)C)N2C(=O)[C@H](CC[C@H]2O)CC1=O. The van der Waals surface area contributed by atoms with Gasteiger partial charge in [-0.1, -0.05) is 92.1 Å². The number of Topliss-reactive ketones (excluding diaryl/α,β-unsaturated/α-hetero) is 2. The third-order valence-corrected chi connectivity index (χ3v) is 11.9. The lowest BCUT2D eigenvalue weighted by molar-refractivity contribution is -0.168. The third-order valence-electron chi connectivity index (χ3n) is 11.9. The highest BCUT2D eigenvalue weighted by Crippen LogP contribution is 2.31. The first-order valence-corrected chi connectivity index (χ1v) is 21.6. The predicted molar refractivity (Wildman–Crippen MR) is 224 cm³/mol. The van der Waals surface area contributed by atoms with Gasteiger partial charge in [0.1, 0.15) is 30.5 Å². The van der Waals surface area contributed by atoms with Crippen molar-refractivity contribution in [3.63, 3.8) is 0 Å². The van der Waals surface area contributed by atoms with Crippen molar-refractivity contribution >= 4 is 47.1 Å². The van der Waals surface area contributed by atoms with E-state index in [0.29, 0.717) is 12.0 Å². The average molecular weight is 840 g/mol. The average Bonchev–Trinajstić information content (AvgIpc) is 3.19. The minimum atomic E-state index is -1.34. The minimum Gasteiger partial charge on any atom is -0.460 e. The summed E-state index contributed by atoms with van der Waals surface area (Å²) in [7, 11) is 1.46. The second-order valence-corrected chi connectivity index (χ2v) is 17.9. The highest BCUT2D eigenvalue weighted by molar-refractivity contribution is 5.98. The molecule has 0 saturated carbocycles. The van der Waals surface area contributed by atoms with Crippen LogP contribution in [0.4, 0.5) is 0 Å². The molecule has 2 heterocycles. The molecule has 60 heavy (non-hydrogen) atoms. The molecule has 1 aromatic rings. The van der Waals surface area contributed by atoms with Crippen molar-refractivity contribution in [2.75, 3.05) is 7.05 Å². The lowest BCUT2D eigenvalue weighted by Gasteiger charge is -2.43. The fraction of sp³-hybridized carbons (Fsp3) is 0.689. The number of hydrogen-bond acceptors (Lipinski definition) is 10. The molecule has 1 unspecified atom stereocenters. The number of piperidine rings is 1. The molecule has 0 radical (unpaired) electrons. The summed E-state index contributed by atoms with van der Waals surface area (Å²) in [4.78, 5) is 115. The first-order valence-electron chi connectivity index (χ1n) is 21.6. The van der Waals surface area contributed by atoms with Gasteiger partial charge in [0.15, 0.2) is 11.6 Å². The van der Waals surface area contributed by atoms with E-state index in [1.165, 1.54) is 25.8 Å². The molecule has 15 nitrogen and oxygen atoms in total. The molecule has 2 fully saturated rings. The number of fused-ring (bicyclic) bond motifs is 2. The Balaban J connectivity index is 2.21. The number of benzene rings is 1. The van der Waals surface area contributed by atoms with Crippen LogP contribution in [0.2, 0.25) is 0 Å². The number of amides is 5. The van der Waals surface area contributed by atoms with Crippen molar-refractivity contribution < 1.29 is 48.2 Å². The second kappa shape index (κ2) is 22.3. The highest BCUT2D eigenvalue weighted by atomic mass is 16.5. The van der Waals surface area contributed by atoms with Crippen LogP contribution in [0.5, 0.6) is 0 Å². The molecule has 2 bridgehead atoms. The number of rotatable bonds is 12. The van der Waals surface area contributed by atoms with E-state index in [1.54, 1.807) is 58.9 Å². The predicted octanol–water partition coefficient (Wildman–Crippen LogP) is 3.34. The molecular weight excluding hydrogens is 771 g/mol. The quantitative estimate of drug-likeness (QED) is 0.226. The van der Waals surface area contributed by atoms with Crippen LogP contribution in [-0.4, -0.2) is 112 Å². The van der Waals surface area contributed by atoms with E-state index >= 15 is 0 Å². The number of aliphatic hydroxyl groups excluding tert-OH is 1. The Bertz CT molecular complexity index is 1700. The summed E-state index contributed by atoms with van der Waals surface area (Å²) in [6, 6.07) is 3.28. The minimum absolute atomic E-state index is 0.0418. The van der Waals surface area contributed by atoms with Crippen molar-refractivity contribution in [3.8, 4) is 0 Å². The maximum absolute atomic E-state index is 14.7. The number of aliphatic hydroxyl groups is 1. The Kier molecular flexibility index (Phi) is 18.4. The Morgan fingerprint density at radius 1 is 0.867 bits per heavy atom. The van der Waals surface area contributed by atoms with Gasteiger partial charge in [-0.25, -0.2) is 4.79 Å². The number of nitrogens with zero attached hydrogens (tertiary/aromatic N) is 2. The zero-order chi connectivity index (χ0) is 45.2. The number of ether oxygens (including phenoxy) is 1. The molecule has 0 aromatic heterocycles. The Morgan fingerprint density at radius 3 is 2.05 bits per heavy atom. The molecule has 5 amide bonds. The topological polar surface area (TPSA) is 209 Å². The second-order valence-electron chi connectivity index (χ2n) is 17.9. The number of esters is 1. The van der Waals surface area contributed by atoms with Gasteiger partial charge >= 0.3 is 5.97 Å². The number of ketones is 2. The highest BCUT2D eigenvalue weighted by Gasteiger charge is 2.46. The standard InChI is InChI=1S/C45H69N5O10/c1-12-27(8)39-36(52)22-31-18-19-37(53)50(43(31)57)34(20-24(2)3)44(58)49(11)33(21-30-16-14-13-15-17-30)42(56)47-38(25(4)5)45(59)60-29(10)32(41(55)48-39)23-35(51)28(9)46-40(54)26(6)7/h13-17,24-29,31-34,37-39,53H,12,18-23H2,1-11H3,(H,46,54)(H,47,56)(H,48,55)/t27?,28-,29+,31+,32-,33-,34-,37+,38-,39-/m0/s1. The zero-order valence-electron chi connectivity index (χ0n) is 37.4. The van der Waals surface area contributed by atoms with Crippen molar-refractivity contribution in [3.05, 3.63) is 35.9 Å². The van der Waals surface area contributed by atoms with Gasteiger partial charge in [-0.2, -0.15) is 0 Å². The molecule has 0 spiro atoms. The molecule has 15 heteroatoms. The number of cyclic esters (lactones) is 1. The molecule has 4 N–H and O–H groups in total. The summed E-state index contributed by atoms with van der Waals surface area (Å²) in [5.74, 6) is -8.54. The first-order chi connectivity index (χ1) is 28.1. The van der Waals surface area contributed by atoms with Crippen LogP contribution >= 0.6 is 0 Å². The van der Waals surface area contributed by atoms with Crippen molar-refractivity contribution in [2.24, 2.45) is 35.5 Å². The van der Waals surface area contributed by atoms with Gasteiger partial charge in [-0.3, -0.25) is 33.6 Å². The molecule has 2 aliphatic heterocycles. The fourth-order valence-electron chi connectivity index (χ4n) is 7.75. The largest absolute Gasteiger partial charge is 0.460 e. The van der Waals surface area contributed by atoms with Gasteiger partial charge in [-0.15, -0.1) is 0 Å². The zero-order valence-corrected chi connectivity index (χ0v) is 37.4. The van der Waals surface area contributed by atoms with Crippen LogP contribution in [0, 0.1) is 35.5 Å². The monoisotopic (exact) mass is 840 g/mol. The summed E-state index contributed by atoms with van der Waals surface area (Å²) in [5.41, 5.74) is 0.717. The molecule has 2 saturated heterocycles. The van der Waals surface area contributed by atoms with E-state index in [2.05, 4.69) is 16.0 Å². The molecule has 0 aliphatic carbocycles. The fourth-order valence-corrected chi connectivity index (χ4v) is 7.75. The molecule has 334 valence electrons. The van der Waals surface area contributed by atoms with Gasteiger partial charge < -0.3 is 35.6 Å². The van der Waals surface area contributed by atoms with E-state index in [9.17, 15) is 43.5 Å². The number of carbonyl (C=O) groups is 8. The van der Waals surface area contributed by atoms with Crippen LogP contribution in [0.15, 0.2) is 30.3 Å². The van der Waals surface area contributed by atoms with Crippen molar-refractivity contribution in [1.82, 2.24) is 25.8 Å². The lowest BCUT2D eigenvalue weighted by atomic mass is 9.84. The maximum Gasteiger partial charge on any atom is 0.329 e. The Hall–Kier alpha value is -4.66. The summed E-state index contributed by atoms with van der Waals surface area (Å²) < 4.78 is 5.92. The normalized spacial score (nSPS) is 27.7. The number of carbonyl (C=O) groups excluding carboxylic acids is 8. The van der Waals surface area contributed by atoms with Crippen LogP contribution < -0.4 is 16.0 Å². The summed E-state index contributed by atoms with van der Waals surface area (Å²) >= 11 is 0. The van der Waals surface area contributed by atoms with Crippen molar-refractivity contribution in [1.29, 1.82) is 0 Å². The van der Waals surface area contributed by atoms with Crippen LogP contribution in [0.3, 0.4) is 0 Å². The Morgan fingerprint density at radius 2 is 1.48 bits per heavy atom. The van der Waals surface area contributed by atoms with Gasteiger partial charge in [0, 0.05) is 38.1 Å². The van der Waals surface area contributed by atoms with E-state index < -0.39 is 120 Å². The number of nitrogens with one attached hydrogen (secondary N) is 3. The lowest BCUT2D eigenvalue weighted by Crippen LogP contribution is -2.61. The van der Waals surface area contributed by atoms with Crippen LogP contribution in [0.1, 0.15) is 113 Å². The van der Waals surface area contributed by atoms with E-state index in [0.717, 1.165) is 4.90 Å². The van der Waals surface area contributed by atoms with Crippen molar-refractivity contribution in [2.45, 2.75) is 157 Å². The van der Waals surface area contributed by atoms with Gasteiger partial charge in [0.05, 0.1) is 18.0 Å². The van der Waals surface area contributed by atoms with Crippen LogP contribution in [-0.2, 0) is 49.5 Å². The van der Waals surface area contributed by atoms with E-state index in [-0.39, 0.29) is 43.9 Å². The van der Waals surface area contributed by atoms with E-state index in [1.807, 2.05) is 26.8 Å². The van der Waals surface area contributed by atoms with Crippen LogP contribution in [0.25, 0.3) is 0 Å². The maximum atomic E-state index is 14.7. The molecular formula is C45H69N5O10. The molecule has 1 aromatic carbocycles. The van der Waals surface area contributed by atoms with Gasteiger partial charge in [0.2, 0.25) is 29.5 Å². The van der Waals surface area contributed by atoms with Gasteiger partial charge in [-0.05, 0) is 56.4 Å². The molecule has 10 atom stereocenters. The number of hydrogen-bond donors (Lipinski definition) is 4. The molecule has 3 rings (SSSR count). The third kappa shape index (κ3) is 12.9. The molecule has 2 aliphatic rings. The summed E-state index contributed by atoms with van der Waals surface area (Å²) in [5, 5.41) is 19.6. The number of likely N-dealkylation sites (N-methyl/N-ethyl adjacent to an activating group) is 1. The summed E-state index contributed by atoms with van der Waals surface area (Å²) in [6.07, 6.45) is -2.44. The summed E-state index contributed by atoms with van der Waals surface area (Å²) in [6.45, 7) is 17.1. The van der Waals surface area contributed by atoms with Gasteiger partial charge in [0.25, 0.3) is 0 Å². The Labute approximate surface area is 355 Å². The smallest absolute Gasteiger partial charge is 0.329 e. The van der Waals surface area contributed by atoms with E-state index in [4.69, 9.17) is 4.74 Å².